The third-order valence-corrected chi connectivity index (χ3v) is 3.97. The van der Waals surface area contributed by atoms with Gasteiger partial charge in [-0.3, -0.25) is 0 Å². The summed E-state index contributed by atoms with van der Waals surface area (Å²) in [5, 5.41) is 14.5. The van der Waals surface area contributed by atoms with Crippen molar-refractivity contribution in [3.63, 3.8) is 0 Å². The Morgan fingerprint density at radius 2 is 1.71 bits per heavy atom. The summed E-state index contributed by atoms with van der Waals surface area (Å²) in [5.74, 6) is 0.401. The Kier molecular flexibility index (Phi) is 4.31. The van der Waals surface area contributed by atoms with Crippen molar-refractivity contribution in [1.29, 1.82) is 0 Å². The molecule has 0 spiro atoms. The minimum Gasteiger partial charge on any atom is -0.388 e. The van der Waals surface area contributed by atoms with Crippen LogP contribution in [0.25, 0.3) is 0 Å². The molecule has 17 heavy (non-hydrogen) atoms. The lowest BCUT2D eigenvalue weighted by Crippen LogP contribution is -2.55. The molecular formula is C15H31NO. The van der Waals surface area contributed by atoms with Crippen LogP contribution in [-0.4, -0.2) is 22.8 Å². The fraction of sp³-hybridized carbons (Fsp3) is 1.00. The van der Waals surface area contributed by atoms with Crippen LogP contribution in [0.1, 0.15) is 67.2 Å². The van der Waals surface area contributed by atoms with Crippen LogP contribution in [0, 0.1) is 11.3 Å². The van der Waals surface area contributed by atoms with Crippen molar-refractivity contribution in [2.24, 2.45) is 11.3 Å². The fourth-order valence-electron chi connectivity index (χ4n) is 3.09. The van der Waals surface area contributed by atoms with E-state index in [-0.39, 0.29) is 11.0 Å². The summed E-state index contributed by atoms with van der Waals surface area (Å²) >= 11 is 0. The van der Waals surface area contributed by atoms with Gasteiger partial charge >= 0.3 is 0 Å². The Morgan fingerprint density at radius 1 is 1.12 bits per heavy atom. The third kappa shape index (κ3) is 4.26. The molecule has 0 aromatic carbocycles. The van der Waals surface area contributed by atoms with E-state index in [1.165, 1.54) is 6.42 Å². The molecule has 2 unspecified atom stereocenters. The van der Waals surface area contributed by atoms with E-state index in [0.717, 1.165) is 25.8 Å². The van der Waals surface area contributed by atoms with Crippen LogP contribution in [-0.2, 0) is 0 Å². The van der Waals surface area contributed by atoms with E-state index < -0.39 is 5.60 Å². The highest BCUT2D eigenvalue weighted by Crippen LogP contribution is 2.44. The summed E-state index contributed by atoms with van der Waals surface area (Å²) in [7, 11) is 0. The van der Waals surface area contributed by atoms with E-state index in [9.17, 15) is 5.11 Å². The predicted molar refractivity (Wildman–Crippen MR) is 74.1 cm³/mol. The molecule has 0 bridgehead atoms. The Labute approximate surface area is 107 Å². The summed E-state index contributed by atoms with van der Waals surface area (Å²) in [6, 6.07) is 0. The average Bonchev–Trinajstić information content (AvgIpc) is 2.13. The normalized spacial score (nSPS) is 31.6. The van der Waals surface area contributed by atoms with Crippen LogP contribution in [0.3, 0.4) is 0 Å². The monoisotopic (exact) mass is 241 g/mol. The second-order valence-corrected chi connectivity index (χ2v) is 7.87. The van der Waals surface area contributed by atoms with Crippen LogP contribution in [0.5, 0.6) is 0 Å². The maximum absolute atomic E-state index is 11.0. The Balaban J connectivity index is 2.75. The number of β-amino-alcohol motifs (C(OH)–C–C–N with tert-alkyl or cyclic N) is 1. The van der Waals surface area contributed by atoms with Crippen molar-refractivity contribution in [2.45, 2.75) is 78.4 Å². The van der Waals surface area contributed by atoms with Gasteiger partial charge in [0, 0.05) is 12.1 Å². The van der Waals surface area contributed by atoms with Gasteiger partial charge in [0.05, 0.1) is 5.60 Å². The summed E-state index contributed by atoms with van der Waals surface area (Å²) in [5.41, 5.74) is -0.256. The number of hydrogen-bond donors (Lipinski definition) is 2. The first-order chi connectivity index (χ1) is 7.55. The van der Waals surface area contributed by atoms with Crippen LogP contribution < -0.4 is 5.32 Å². The molecule has 2 atom stereocenters. The van der Waals surface area contributed by atoms with Gasteiger partial charge in [-0.15, -0.1) is 0 Å². The van der Waals surface area contributed by atoms with Gasteiger partial charge in [-0.05, 0) is 44.9 Å². The first-order valence-electron chi connectivity index (χ1n) is 7.02. The number of rotatable bonds is 2. The van der Waals surface area contributed by atoms with E-state index in [0.29, 0.717) is 5.92 Å². The molecule has 0 radical (unpaired) electrons. The molecule has 1 saturated carbocycles. The van der Waals surface area contributed by atoms with Crippen LogP contribution in [0.2, 0.25) is 0 Å². The van der Waals surface area contributed by atoms with Gasteiger partial charge in [0.2, 0.25) is 0 Å². The Hall–Kier alpha value is -0.0800. The first kappa shape index (κ1) is 15.0. The van der Waals surface area contributed by atoms with Gasteiger partial charge in [-0.2, -0.15) is 0 Å². The molecule has 2 nitrogen and oxygen atoms in total. The van der Waals surface area contributed by atoms with Crippen molar-refractivity contribution in [1.82, 2.24) is 5.32 Å². The summed E-state index contributed by atoms with van der Waals surface area (Å²) in [6.45, 7) is 14.0. The molecule has 2 N–H and O–H groups in total. The smallest absolute Gasteiger partial charge is 0.0804 e. The Bertz CT molecular complexity index is 249. The van der Waals surface area contributed by atoms with E-state index in [1.807, 2.05) is 0 Å². The Morgan fingerprint density at radius 3 is 2.18 bits per heavy atom. The molecule has 1 aliphatic carbocycles. The molecule has 0 aromatic heterocycles. The van der Waals surface area contributed by atoms with Gasteiger partial charge in [0.25, 0.3) is 0 Å². The van der Waals surface area contributed by atoms with E-state index >= 15 is 0 Å². The highest BCUT2D eigenvalue weighted by Gasteiger charge is 2.44. The van der Waals surface area contributed by atoms with E-state index in [4.69, 9.17) is 0 Å². The van der Waals surface area contributed by atoms with Gasteiger partial charge in [0.15, 0.2) is 0 Å². The van der Waals surface area contributed by atoms with Gasteiger partial charge in [0.1, 0.15) is 0 Å². The zero-order chi connectivity index (χ0) is 13.3. The molecule has 2 heteroatoms. The second kappa shape index (κ2) is 4.89. The molecular weight excluding hydrogens is 210 g/mol. The molecule has 0 amide bonds. The van der Waals surface area contributed by atoms with Gasteiger partial charge in [-0.1, -0.05) is 33.6 Å². The second-order valence-electron chi connectivity index (χ2n) is 7.87. The lowest BCUT2D eigenvalue weighted by Gasteiger charge is -2.48. The standard InChI is InChI=1S/C15H31NO/c1-13(2,3)12-9-7-8-10-15(12,17)11-16-14(4,5)6/h12,16-17H,7-11H2,1-6H3. The lowest BCUT2D eigenvalue weighted by atomic mass is 9.63. The van der Waals surface area contributed by atoms with Crippen LogP contribution in [0.4, 0.5) is 0 Å². The molecule has 0 saturated heterocycles. The number of hydrogen-bond acceptors (Lipinski definition) is 2. The zero-order valence-electron chi connectivity index (χ0n) is 12.6. The highest BCUT2D eigenvalue weighted by molar-refractivity contribution is 4.97. The van der Waals surface area contributed by atoms with E-state index in [2.05, 4.69) is 46.9 Å². The van der Waals surface area contributed by atoms with Crippen molar-refractivity contribution in [3.8, 4) is 0 Å². The van der Waals surface area contributed by atoms with Gasteiger partial charge < -0.3 is 10.4 Å². The molecule has 1 rings (SSSR count). The number of aliphatic hydroxyl groups is 1. The zero-order valence-corrected chi connectivity index (χ0v) is 12.6. The number of nitrogens with one attached hydrogen (secondary N) is 1. The maximum atomic E-state index is 11.0. The minimum absolute atomic E-state index is 0.0790. The summed E-state index contributed by atoms with van der Waals surface area (Å²) < 4.78 is 0. The largest absolute Gasteiger partial charge is 0.388 e. The predicted octanol–water partition coefficient (Wildman–Crippen LogP) is 3.34. The molecule has 0 aliphatic heterocycles. The highest BCUT2D eigenvalue weighted by atomic mass is 16.3. The molecule has 1 fully saturated rings. The maximum Gasteiger partial charge on any atom is 0.0804 e. The SMILES string of the molecule is CC(C)(C)NCC1(O)CCCCC1C(C)(C)C. The fourth-order valence-corrected chi connectivity index (χ4v) is 3.09. The van der Waals surface area contributed by atoms with Gasteiger partial charge in [-0.25, -0.2) is 0 Å². The first-order valence-corrected chi connectivity index (χ1v) is 7.02. The molecule has 102 valence electrons. The molecule has 0 heterocycles. The molecule has 1 aliphatic rings. The minimum atomic E-state index is -0.524. The van der Waals surface area contributed by atoms with E-state index in [1.54, 1.807) is 0 Å². The van der Waals surface area contributed by atoms with Crippen molar-refractivity contribution < 1.29 is 5.11 Å². The van der Waals surface area contributed by atoms with Crippen molar-refractivity contribution >= 4 is 0 Å². The van der Waals surface area contributed by atoms with Crippen molar-refractivity contribution in [2.75, 3.05) is 6.54 Å². The van der Waals surface area contributed by atoms with Crippen molar-refractivity contribution in [3.05, 3.63) is 0 Å². The van der Waals surface area contributed by atoms with Crippen LogP contribution in [0.15, 0.2) is 0 Å². The van der Waals surface area contributed by atoms with Crippen LogP contribution >= 0.6 is 0 Å². The average molecular weight is 241 g/mol. The summed E-state index contributed by atoms with van der Waals surface area (Å²) in [6.07, 6.45) is 4.53. The lowest BCUT2D eigenvalue weighted by molar-refractivity contribution is -0.0901. The quantitative estimate of drug-likeness (QED) is 0.777. The topological polar surface area (TPSA) is 32.3 Å². The summed E-state index contributed by atoms with van der Waals surface area (Å²) in [4.78, 5) is 0. The molecule has 0 aromatic rings. The third-order valence-electron chi connectivity index (χ3n) is 3.97.